The lowest BCUT2D eigenvalue weighted by Gasteiger charge is -2.43. The van der Waals surface area contributed by atoms with E-state index in [0.717, 1.165) is 31.6 Å². The monoisotopic (exact) mass is 237 g/mol. The lowest BCUT2D eigenvalue weighted by Crippen LogP contribution is -2.51. The Balaban J connectivity index is 1.65. The predicted octanol–water partition coefficient (Wildman–Crippen LogP) is 2.83. The van der Waals surface area contributed by atoms with E-state index in [-0.39, 0.29) is 0 Å². The minimum Gasteiger partial charge on any atom is -0.381 e. The van der Waals surface area contributed by atoms with Crippen molar-refractivity contribution < 1.29 is 4.74 Å². The Labute approximate surface area is 105 Å². The molecule has 3 fully saturated rings. The van der Waals surface area contributed by atoms with Crippen molar-refractivity contribution >= 4 is 0 Å². The predicted molar refractivity (Wildman–Crippen MR) is 69.9 cm³/mol. The van der Waals surface area contributed by atoms with Crippen molar-refractivity contribution in [3.8, 4) is 0 Å². The van der Waals surface area contributed by atoms with Gasteiger partial charge in [0.15, 0.2) is 0 Å². The number of nitrogens with one attached hydrogen (secondary N) is 1. The Hall–Kier alpha value is -0.0800. The van der Waals surface area contributed by atoms with E-state index in [2.05, 4.69) is 26.1 Å². The van der Waals surface area contributed by atoms with E-state index < -0.39 is 0 Å². The summed E-state index contributed by atoms with van der Waals surface area (Å²) in [5, 5.41) is 3.91. The molecular formula is C15H27NO. The van der Waals surface area contributed by atoms with Gasteiger partial charge in [-0.25, -0.2) is 0 Å². The second-order valence-corrected chi connectivity index (χ2v) is 7.49. The summed E-state index contributed by atoms with van der Waals surface area (Å²) in [7, 11) is 0. The second-order valence-electron chi connectivity index (χ2n) is 7.49. The first-order valence-electron chi connectivity index (χ1n) is 7.33. The summed E-state index contributed by atoms with van der Waals surface area (Å²) in [4.78, 5) is 0. The molecule has 1 aliphatic heterocycles. The first-order chi connectivity index (χ1) is 8.02. The number of hydrogen-bond donors (Lipinski definition) is 1. The van der Waals surface area contributed by atoms with Gasteiger partial charge in [0.1, 0.15) is 0 Å². The number of hydrogen-bond acceptors (Lipinski definition) is 2. The van der Waals surface area contributed by atoms with Gasteiger partial charge in [-0.3, -0.25) is 0 Å². The van der Waals surface area contributed by atoms with Gasteiger partial charge in [0.2, 0.25) is 0 Å². The minimum atomic E-state index is 0.493. The van der Waals surface area contributed by atoms with E-state index in [4.69, 9.17) is 4.74 Å². The summed E-state index contributed by atoms with van der Waals surface area (Å²) in [6.07, 6.45) is 5.58. The van der Waals surface area contributed by atoms with Crippen molar-refractivity contribution in [2.45, 2.75) is 52.5 Å². The molecule has 4 atom stereocenters. The number of rotatable bonds is 3. The maximum Gasteiger partial charge on any atom is 0.0507 e. The van der Waals surface area contributed by atoms with Gasteiger partial charge in [-0.15, -0.1) is 0 Å². The van der Waals surface area contributed by atoms with Gasteiger partial charge in [-0.2, -0.15) is 0 Å². The zero-order valence-corrected chi connectivity index (χ0v) is 11.6. The zero-order valence-electron chi connectivity index (χ0n) is 11.6. The quantitative estimate of drug-likeness (QED) is 0.815. The molecule has 1 heterocycles. The highest BCUT2D eigenvalue weighted by molar-refractivity contribution is 5.12. The molecule has 3 rings (SSSR count). The highest BCUT2D eigenvalue weighted by atomic mass is 16.5. The van der Waals surface area contributed by atoms with Gasteiger partial charge in [0, 0.05) is 19.2 Å². The van der Waals surface area contributed by atoms with Gasteiger partial charge >= 0.3 is 0 Å². The summed E-state index contributed by atoms with van der Waals surface area (Å²) in [6, 6.07) is 0.717. The highest BCUT2D eigenvalue weighted by Crippen LogP contribution is 2.62. The van der Waals surface area contributed by atoms with Gasteiger partial charge in [0.25, 0.3) is 0 Å². The van der Waals surface area contributed by atoms with E-state index in [1.54, 1.807) is 0 Å². The Morgan fingerprint density at radius 2 is 2.06 bits per heavy atom. The van der Waals surface area contributed by atoms with E-state index in [1.165, 1.54) is 25.7 Å². The highest BCUT2D eigenvalue weighted by Gasteiger charge is 2.58. The molecule has 1 saturated heterocycles. The molecule has 17 heavy (non-hydrogen) atoms. The van der Waals surface area contributed by atoms with Gasteiger partial charge < -0.3 is 10.1 Å². The summed E-state index contributed by atoms with van der Waals surface area (Å²) in [5.41, 5.74) is 1.06. The summed E-state index contributed by atoms with van der Waals surface area (Å²) >= 11 is 0. The maximum absolute atomic E-state index is 5.47. The first kappa shape index (κ1) is 12.0. The summed E-state index contributed by atoms with van der Waals surface area (Å²) < 4.78 is 5.47. The van der Waals surface area contributed by atoms with E-state index >= 15 is 0 Å². The molecule has 2 heteroatoms. The molecule has 0 spiro atoms. The molecule has 0 aromatic carbocycles. The van der Waals surface area contributed by atoms with Crippen molar-refractivity contribution in [3.63, 3.8) is 0 Å². The van der Waals surface area contributed by atoms with Crippen LogP contribution in [-0.2, 0) is 4.74 Å². The van der Waals surface area contributed by atoms with Crippen LogP contribution < -0.4 is 5.32 Å². The van der Waals surface area contributed by atoms with Gasteiger partial charge in [0.05, 0.1) is 6.61 Å². The van der Waals surface area contributed by atoms with Crippen molar-refractivity contribution in [3.05, 3.63) is 0 Å². The van der Waals surface area contributed by atoms with Gasteiger partial charge in [-0.05, 0) is 48.3 Å². The molecule has 2 aliphatic carbocycles. The van der Waals surface area contributed by atoms with Crippen molar-refractivity contribution in [2.24, 2.45) is 22.7 Å². The molecule has 98 valence electrons. The van der Waals surface area contributed by atoms with Crippen molar-refractivity contribution in [1.82, 2.24) is 5.32 Å². The minimum absolute atomic E-state index is 0.493. The molecule has 1 N–H and O–H groups in total. The largest absolute Gasteiger partial charge is 0.381 e. The zero-order chi connectivity index (χ0) is 12.1. The summed E-state index contributed by atoms with van der Waals surface area (Å²) in [6.45, 7) is 10.6. The fourth-order valence-corrected chi connectivity index (χ4v) is 4.84. The van der Waals surface area contributed by atoms with Crippen LogP contribution in [0.4, 0.5) is 0 Å². The summed E-state index contributed by atoms with van der Waals surface area (Å²) in [5.74, 6) is 1.71. The standard InChI is InChI=1S/C15H27NO/c1-14(2)12-4-6-15(3,8-12)13(14)16-9-11-5-7-17-10-11/h11-13,16H,4-10H2,1-3H3. The third kappa shape index (κ3) is 1.84. The third-order valence-corrected chi connectivity index (χ3v) is 5.90. The Kier molecular flexibility index (Phi) is 2.79. The second kappa shape index (κ2) is 3.96. The molecule has 2 saturated carbocycles. The fourth-order valence-electron chi connectivity index (χ4n) is 4.84. The Morgan fingerprint density at radius 3 is 2.65 bits per heavy atom. The van der Waals surface area contributed by atoms with Crippen molar-refractivity contribution in [1.29, 1.82) is 0 Å². The molecule has 0 aromatic rings. The van der Waals surface area contributed by atoms with Crippen LogP contribution >= 0.6 is 0 Å². The lowest BCUT2D eigenvalue weighted by atomic mass is 9.68. The van der Waals surface area contributed by atoms with Gasteiger partial charge in [-0.1, -0.05) is 20.8 Å². The van der Waals surface area contributed by atoms with E-state index in [0.29, 0.717) is 16.9 Å². The molecule has 2 bridgehead atoms. The molecule has 4 unspecified atom stereocenters. The molecule has 3 aliphatic rings. The fraction of sp³-hybridized carbons (Fsp3) is 1.00. The smallest absolute Gasteiger partial charge is 0.0507 e. The normalized spacial score (nSPS) is 47.8. The van der Waals surface area contributed by atoms with Crippen molar-refractivity contribution in [2.75, 3.05) is 19.8 Å². The van der Waals surface area contributed by atoms with E-state index in [1.807, 2.05) is 0 Å². The van der Waals surface area contributed by atoms with Crippen LogP contribution in [0.1, 0.15) is 46.5 Å². The van der Waals surface area contributed by atoms with Crippen LogP contribution in [0.3, 0.4) is 0 Å². The molecule has 2 nitrogen and oxygen atoms in total. The maximum atomic E-state index is 5.47. The van der Waals surface area contributed by atoms with Crippen LogP contribution in [-0.4, -0.2) is 25.8 Å². The van der Waals surface area contributed by atoms with Crippen LogP contribution in [0, 0.1) is 22.7 Å². The van der Waals surface area contributed by atoms with Crippen LogP contribution in [0.5, 0.6) is 0 Å². The molecule has 0 amide bonds. The average molecular weight is 237 g/mol. The third-order valence-electron chi connectivity index (χ3n) is 5.90. The lowest BCUT2D eigenvalue weighted by molar-refractivity contribution is 0.103. The topological polar surface area (TPSA) is 21.3 Å². The van der Waals surface area contributed by atoms with Crippen LogP contribution in [0.2, 0.25) is 0 Å². The number of fused-ring (bicyclic) bond motifs is 2. The Morgan fingerprint density at radius 1 is 1.24 bits per heavy atom. The molecule has 0 radical (unpaired) electrons. The Bertz CT molecular complexity index is 291. The average Bonchev–Trinajstić information content (AvgIpc) is 2.90. The van der Waals surface area contributed by atoms with Crippen LogP contribution in [0.15, 0.2) is 0 Å². The molecule has 0 aromatic heterocycles. The first-order valence-corrected chi connectivity index (χ1v) is 7.33. The van der Waals surface area contributed by atoms with Crippen LogP contribution in [0.25, 0.3) is 0 Å². The molecular weight excluding hydrogens is 210 g/mol. The number of ether oxygens (including phenoxy) is 1. The van der Waals surface area contributed by atoms with E-state index in [9.17, 15) is 0 Å². The SMILES string of the molecule is CC12CCC(C1)C(C)(C)C2NCC1CCOC1.